The monoisotopic (exact) mass is 218 g/mol. The van der Waals surface area contributed by atoms with Gasteiger partial charge < -0.3 is 15.4 Å². The van der Waals surface area contributed by atoms with Crippen molar-refractivity contribution in [2.75, 3.05) is 30.4 Å². The van der Waals surface area contributed by atoms with Crippen LogP contribution in [0.1, 0.15) is 18.4 Å². The molecule has 2 heterocycles. The third kappa shape index (κ3) is 1.55. The average molecular weight is 218 g/mol. The van der Waals surface area contributed by atoms with Crippen molar-refractivity contribution in [2.45, 2.75) is 25.3 Å². The van der Waals surface area contributed by atoms with E-state index in [2.05, 4.69) is 17.0 Å². The summed E-state index contributed by atoms with van der Waals surface area (Å²) in [6.45, 7) is 2.92. The van der Waals surface area contributed by atoms with Gasteiger partial charge in [0.1, 0.15) is 0 Å². The Hall–Kier alpha value is -1.22. The summed E-state index contributed by atoms with van der Waals surface area (Å²) < 4.78 is 5.42. The second-order valence-electron chi connectivity index (χ2n) is 4.63. The molecule has 0 saturated carbocycles. The highest BCUT2D eigenvalue weighted by Crippen LogP contribution is 2.35. The number of nitrogens with zero attached hydrogens (tertiary/aromatic N) is 1. The molecular weight excluding hydrogens is 200 g/mol. The zero-order valence-corrected chi connectivity index (χ0v) is 9.48. The van der Waals surface area contributed by atoms with E-state index in [0.29, 0.717) is 6.04 Å². The zero-order chi connectivity index (χ0) is 11.0. The van der Waals surface area contributed by atoms with Crippen molar-refractivity contribution in [1.82, 2.24) is 0 Å². The van der Waals surface area contributed by atoms with E-state index in [1.807, 2.05) is 6.07 Å². The molecule has 0 radical (unpaired) electrons. The van der Waals surface area contributed by atoms with Gasteiger partial charge in [-0.05, 0) is 31.4 Å². The van der Waals surface area contributed by atoms with Crippen molar-refractivity contribution < 1.29 is 4.74 Å². The summed E-state index contributed by atoms with van der Waals surface area (Å²) in [6.07, 6.45) is 3.39. The predicted molar refractivity (Wildman–Crippen MR) is 65.7 cm³/mol. The maximum absolute atomic E-state index is 6.01. The van der Waals surface area contributed by atoms with Crippen molar-refractivity contribution in [3.8, 4) is 0 Å². The van der Waals surface area contributed by atoms with Crippen LogP contribution in [0.3, 0.4) is 0 Å². The molecule has 0 bridgehead atoms. The van der Waals surface area contributed by atoms with Crippen molar-refractivity contribution >= 4 is 11.4 Å². The summed E-state index contributed by atoms with van der Waals surface area (Å²) in [4.78, 5) is 2.52. The van der Waals surface area contributed by atoms with Gasteiger partial charge in [-0.2, -0.15) is 0 Å². The van der Waals surface area contributed by atoms with Crippen LogP contribution in [0.15, 0.2) is 18.2 Å². The molecule has 1 saturated heterocycles. The Morgan fingerprint density at radius 2 is 2.06 bits per heavy atom. The van der Waals surface area contributed by atoms with Gasteiger partial charge in [-0.1, -0.05) is 6.07 Å². The lowest BCUT2D eigenvalue weighted by atomic mass is 10.1. The number of anilines is 2. The van der Waals surface area contributed by atoms with Gasteiger partial charge in [-0.3, -0.25) is 0 Å². The molecule has 3 heteroatoms. The Balaban J connectivity index is 1.87. The van der Waals surface area contributed by atoms with Crippen LogP contribution in [-0.2, 0) is 11.2 Å². The molecule has 2 aliphatic heterocycles. The first-order chi connectivity index (χ1) is 7.86. The van der Waals surface area contributed by atoms with Crippen molar-refractivity contribution in [3.05, 3.63) is 23.8 Å². The lowest BCUT2D eigenvalue weighted by molar-refractivity contribution is 0.0848. The smallest absolute Gasteiger partial charge is 0.0485 e. The molecule has 0 aliphatic carbocycles. The molecule has 0 aromatic heterocycles. The van der Waals surface area contributed by atoms with Crippen LogP contribution in [0.25, 0.3) is 0 Å². The number of hydrogen-bond acceptors (Lipinski definition) is 3. The topological polar surface area (TPSA) is 38.5 Å². The quantitative estimate of drug-likeness (QED) is 0.731. The molecule has 3 nitrogen and oxygen atoms in total. The third-order valence-corrected chi connectivity index (χ3v) is 3.73. The van der Waals surface area contributed by atoms with E-state index in [9.17, 15) is 0 Å². The van der Waals surface area contributed by atoms with Gasteiger partial charge in [0.05, 0.1) is 0 Å². The van der Waals surface area contributed by atoms with Crippen molar-refractivity contribution in [1.29, 1.82) is 0 Å². The molecule has 3 rings (SSSR count). The third-order valence-electron chi connectivity index (χ3n) is 3.73. The summed E-state index contributed by atoms with van der Waals surface area (Å²) in [7, 11) is 0. The van der Waals surface area contributed by atoms with Crippen LogP contribution in [0.2, 0.25) is 0 Å². The Bertz CT molecular complexity index is 386. The molecule has 0 spiro atoms. The first-order valence-electron chi connectivity index (χ1n) is 6.08. The molecule has 2 aliphatic rings. The highest BCUT2D eigenvalue weighted by Gasteiger charge is 2.28. The van der Waals surface area contributed by atoms with Gasteiger partial charge >= 0.3 is 0 Å². The number of ether oxygens (including phenoxy) is 1. The van der Waals surface area contributed by atoms with Crippen molar-refractivity contribution in [2.24, 2.45) is 0 Å². The van der Waals surface area contributed by atoms with Crippen LogP contribution in [0.4, 0.5) is 11.4 Å². The molecule has 16 heavy (non-hydrogen) atoms. The number of hydrogen-bond donors (Lipinski definition) is 1. The van der Waals surface area contributed by atoms with Gasteiger partial charge in [0, 0.05) is 42.7 Å². The number of rotatable bonds is 1. The zero-order valence-electron chi connectivity index (χ0n) is 9.48. The Labute approximate surface area is 96.2 Å². The van der Waals surface area contributed by atoms with E-state index in [1.165, 1.54) is 11.3 Å². The summed E-state index contributed by atoms with van der Waals surface area (Å²) in [5.74, 6) is 0. The van der Waals surface area contributed by atoms with E-state index in [-0.39, 0.29) is 0 Å². The van der Waals surface area contributed by atoms with Crippen LogP contribution in [0, 0.1) is 0 Å². The van der Waals surface area contributed by atoms with Gasteiger partial charge in [0.2, 0.25) is 0 Å². The number of nitrogen functional groups attached to an aromatic ring is 1. The first-order valence-corrected chi connectivity index (χ1v) is 6.08. The van der Waals surface area contributed by atoms with Gasteiger partial charge in [0.25, 0.3) is 0 Å². The molecular formula is C13H18N2O. The fraction of sp³-hybridized carbons (Fsp3) is 0.538. The Morgan fingerprint density at radius 3 is 2.88 bits per heavy atom. The van der Waals surface area contributed by atoms with Gasteiger partial charge in [0.15, 0.2) is 0 Å². The largest absolute Gasteiger partial charge is 0.398 e. The molecule has 1 aromatic carbocycles. The standard InChI is InChI=1S/C13H18N2O/c14-12-2-1-3-13-11(12)4-7-15(13)10-5-8-16-9-6-10/h1-3,10H,4-9,14H2. The lowest BCUT2D eigenvalue weighted by Crippen LogP contribution is -2.38. The maximum Gasteiger partial charge on any atom is 0.0485 e. The minimum Gasteiger partial charge on any atom is -0.398 e. The van der Waals surface area contributed by atoms with Crippen LogP contribution in [0.5, 0.6) is 0 Å². The molecule has 0 atom stereocenters. The minimum atomic E-state index is 0.650. The fourth-order valence-electron chi connectivity index (χ4n) is 2.86. The number of nitrogens with two attached hydrogens (primary N) is 1. The highest BCUT2D eigenvalue weighted by atomic mass is 16.5. The average Bonchev–Trinajstić information content (AvgIpc) is 2.75. The molecule has 1 fully saturated rings. The summed E-state index contributed by atoms with van der Waals surface area (Å²) in [6, 6.07) is 6.92. The van der Waals surface area contributed by atoms with E-state index in [4.69, 9.17) is 10.5 Å². The first kappa shape index (κ1) is 9.97. The van der Waals surface area contributed by atoms with Gasteiger partial charge in [-0.15, -0.1) is 0 Å². The van der Waals surface area contributed by atoms with E-state index in [0.717, 1.165) is 44.7 Å². The van der Waals surface area contributed by atoms with E-state index < -0.39 is 0 Å². The Kier molecular flexibility index (Phi) is 2.48. The molecule has 1 aromatic rings. The molecule has 2 N–H and O–H groups in total. The Morgan fingerprint density at radius 1 is 1.25 bits per heavy atom. The second-order valence-corrected chi connectivity index (χ2v) is 4.63. The van der Waals surface area contributed by atoms with Crippen LogP contribution < -0.4 is 10.6 Å². The highest BCUT2D eigenvalue weighted by molar-refractivity contribution is 5.68. The number of benzene rings is 1. The molecule has 86 valence electrons. The van der Waals surface area contributed by atoms with E-state index >= 15 is 0 Å². The molecule has 0 amide bonds. The summed E-state index contributed by atoms with van der Waals surface area (Å²) >= 11 is 0. The lowest BCUT2D eigenvalue weighted by Gasteiger charge is -2.33. The minimum absolute atomic E-state index is 0.650. The summed E-state index contributed by atoms with van der Waals surface area (Å²) in [5.41, 5.74) is 9.66. The van der Waals surface area contributed by atoms with Crippen LogP contribution in [-0.4, -0.2) is 25.8 Å². The summed E-state index contributed by atoms with van der Waals surface area (Å²) in [5, 5.41) is 0. The van der Waals surface area contributed by atoms with E-state index in [1.54, 1.807) is 0 Å². The fourth-order valence-corrected chi connectivity index (χ4v) is 2.86. The maximum atomic E-state index is 6.01. The van der Waals surface area contributed by atoms with Crippen LogP contribution >= 0.6 is 0 Å². The van der Waals surface area contributed by atoms with Crippen molar-refractivity contribution in [3.63, 3.8) is 0 Å². The number of fused-ring (bicyclic) bond motifs is 1. The normalized spacial score (nSPS) is 21.1. The second kappa shape index (κ2) is 3.98. The predicted octanol–water partition coefficient (Wildman–Crippen LogP) is 1.81. The molecule has 0 unspecified atom stereocenters. The SMILES string of the molecule is Nc1cccc2c1CCN2C1CCOCC1. The van der Waals surface area contributed by atoms with Gasteiger partial charge in [-0.25, -0.2) is 0 Å².